The first kappa shape index (κ1) is 78.3. The van der Waals surface area contributed by atoms with Crippen LogP contribution in [0.2, 0.25) is 0 Å². The molecule has 14 nitrogen and oxygen atoms in total. The standard InChI is InChI=1S/C71H125NO13/c1-3-5-7-9-11-13-15-17-19-20-21-22-23-24-25-26-27-28-29-30-31-32-33-34-35-36-37-38-39-40-41-43-45-47-49-51-53-55-63(76)72-59(60(75)54-52-50-48-46-44-42-18-16-14-12-10-8-6-4-2)58-82-70-68(81)66(79)69(62(57-74)84-70)85-71-67(80)65(78)64(77)61(56-73)83-71/h5,7,11,13,17,19,21-22,24-25,27-28,30-31,59-62,64-71,73-75,77-81H,3-4,6,8-10,12,14-16,18,20,23,26,29,32-58H2,1-2H3,(H,72,76)/b7-5-,13-11-,19-17-,22-21-,25-24-,28-27-,31-30-. The van der Waals surface area contributed by atoms with Crippen LogP contribution in [-0.2, 0) is 23.7 Å². The zero-order valence-electron chi connectivity index (χ0n) is 53.3. The van der Waals surface area contributed by atoms with Crippen LogP contribution in [0.5, 0.6) is 0 Å². The van der Waals surface area contributed by atoms with E-state index >= 15 is 0 Å². The number of hydrogen-bond acceptors (Lipinski definition) is 13. The van der Waals surface area contributed by atoms with Gasteiger partial charge < -0.3 is 65.1 Å². The van der Waals surface area contributed by atoms with Crippen molar-refractivity contribution < 1.29 is 64.6 Å². The topological polar surface area (TPSA) is 228 Å². The summed E-state index contributed by atoms with van der Waals surface area (Å²) in [6.45, 7) is 2.75. The second kappa shape index (κ2) is 55.3. The zero-order chi connectivity index (χ0) is 61.6. The molecule has 2 fully saturated rings. The van der Waals surface area contributed by atoms with Gasteiger partial charge in [-0.15, -0.1) is 0 Å². The molecular weight excluding hydrogens is 1070 g/mol. The molecule has 12 atom stereocenters. The molecule has 1 amide bonds. The molecule has 12 unspecified atom stereocenters. The molecule has 2 aliphatic heterocycles. The molecule has 2 heterocycles. The monoisotopic (exact) mass is 1200 g/mol. The first-order chi connectivity index (χ1) is 41.6. The first-order valence-electron chi connectivity index (χ1n) is 34.3. The van der Waals surface area contributed by atoms with Gasteiger partial charge in [-0.3, -0.25) is 4.79 Å². The van der Waals surface area contributed by atoms with E-state index in [9.17, 15) is 45.6 Å². The van der Waals surface area contributed by atoms with Gasteiger partial charge in [0.2, 0.25) is 5.91 Å². The number of ether oxygens (including phenoxy) is 4. The molecule has 0 aromatic rings. The predicted molar refractivity (Wildman–Crippen MR) is 346 cm³/mol. The number of unbranched alkanes of at least 4 members (excludes halogenated alkanes) is 28. The Kier molecular flexibility index (Phi) is 50.9. The summed E-state index contributed by atoms with van der Waals surface area (Å²) >= 11 is 0. The predicted octanol–water partition coefficient (Wildman–Crippen LogP) is 13.6. The molecule has 0 saturated carbocycles. The molecule has 492 valence electrons. The molecule has 2 aliphatic rings. The zero-order valence-corrected chi connectivity index (χ0v) is 53.3. The highest BCUT2D eigenvalue weighted by molar-refractivity contribution is 5.76. The molecule has 14 heteroatoms. The van der Waals surface area contributed by atoms with Crippen molar-refractivity contribution in [1.82, 2.24) is 5.32 Å². The van der Waals surface area contributed by atoms with Gasteiger partial charge in [0.25, 0.3) is 0 Å². The number of nitrogens with one attached hydrogen (secondary N) is 1. The lowest BCUT2D eigenvalue weighted by atomic mass is 9.97. The molecule has 2 saturated heterocycles. The van der Waals surface area contributed by atoms with Gasteiger partial charge in [0.15, 0.2) is 12.6 Å². The highest BCUT2D eigenvalue weighted by Crippen LogP contribution is 2.30. The molecule has 0 radical (unpaired) electrons. The summed E-state index contributed by atoms with van der Waals surface area (Å²) < 4.78 is 22.9. The molecule has 0 aromatic heterocycles. The van der Waals surface area contributed by atoms with Gasteiger partial charge in [0, 0.05) is 6.42 Å². The van der Waals surface area contributed by atoms with Crippen molar-refractivity contribution in [1.29, 1.82) is 0 Å². The lowest BCUT2D eigenvalue weighted by Gasteiger charge is -2.46. The molecule has 0 aromatic carbocycles. The number of aliphatic hydroxyl groups excluding tert-OH is 8. The Balaban J connectivity index is 1.60. The van der Waals surface area contributed by atoms with E-state index in [0.717, 1.165) is 96.3 Å². The van der Waals surface area contributed by atoms with E-state index < -0.39 is 86.8 Å². The van der Waals surface area contributed by atoms with Crippen LogP contribution >= 0.6 is 0 Å². The van der Waals surface area contributed by atoms with Crippen LogP contribution in [-0.4, -0.2) is 140 Å². The van der Waals surface area contributed by atoms with E-state index in [1.54, 1.807) is 0 Å². The summed E-state index contributed by atoms with van der Waals surface area (Å²) in [4.78, 5) is 13.3. The molecular formula is C71H125NO13. The van der Waals surface area contributed by atoms with E-state index in [4.69, 9.17) is 18.9 Å². The number of hydrogen-bond donors (Lipinski definition) is 9. The van der Waals surface area contributed by atoms with Gasteiger partial charge in [-0.2, -0.15) is 0 Å². The highest BCUT2D eigenvalue weighted by atomic mass is 16.7. The summed E-state index contributed by atoms with van der Waals surface area (Å²) in [6.07, 6.45) is 58.9. The third-order valence-electron chi connectivity index (χ3n) is 16.4. The second-order valence-electron chi connectivity index (χ2n) is 23.9. The Morgan fingerprint density at radius 3 is 1.25 bits per heavy atom. The third-order valence-corrected chi connectivity index (χ3v) is 16.4. The maximum atomic E-state index is 13.3. The minimum absolute atomic E-state index is 0.208. The summed E-state index contributed by atoms with van der Waals surface area (Å²) in [5.41, 5.74) is 0. The van der Waals surface area contributed by atoms with E-state index in [0.29, 0.717) is 12.8 Å². The van der Waals surface area contributed by atoms with Gasteiger partial charge in [0.05, 0.1) is 32.0 Å². The Bertz CT molecular complexity index is 1750. The normalized spacial score (nSPS) is 24.1. The van der Waals surface area contributed by atoms with E-state index in [-0.39, 0.29) is 12.5 Å². The minimum atomic E-state index is -1.78. The first-order valence-corrected chi connectivity index (χ1v) is 34.3. The maximum Gasteiger partial charge on any atom is 0.220 e. The average Bonchev–Trinajstić information content (AvgIpc) is 3.65. The molecule has 0 spiro atoms. The SMILES string of the molecule is CC/C=C\C/C=C\C/C=C\C/C=C\C/C=C\C/C=C\C/C=C\CCCCCCCCCCCCCCCCCC(=O)NC(COC1OC(CO)C(OC2OC(CO)C(O)C(O)C2O)C(O)C1O)C(O)CCCCCCCCCCCCCCCC. The summed E-state index contributed by atoms with van der Waals surface area (Å²) in [5.74, 6) is -0.208. The molecule has 0 bridgehead atoms. The van der Waals surface area contributed by atoms with Crippen LogP contribution in [0.1, 0.15) is 264 Å². The van der Waals surface area contributed by atoms with Gasteiger partial charge >= 0.3 is 0 Å². The Hall–Kier alpha value is -2.83. The van der Waals surface area contributed by atoms with E-state index in [2.05, 4.69) is 104 Å². The van der Waals surface area contributed by atoms with Crippen LogP contribution in [0, 0.1) is 0 Å². The Labute approximate surface area is 516 Å². The number of rotatable bonds is 55. The molecule has 2 rings (SSSR count). The van der Waals surface area contributed by atoms with Crippen molar-refractivity contribution in [2.24, 2.45) is 0 Å². The fourth-order valence-corrected chi connectivity index (χ4v) is 10.9. The van der Waals surface area contributed by atoms with Crippen LogP contribution in [0.4, 0.5) is 0 Å². The van der Waals surface area contributed by atoms with Gasteiger partial charge in [-0.1, -0.05) is 272 Å². The highest BCUT2D eigenvalue weighted by Gasteiger charge is 2.51. The maximum absolute atomic E-state index is 13.3. The number of allylic oxidation sites excluding steroid dienone is 14. The quantitative estimate of drug-likeness (QED) is 0.0204. The van der Waals surface area contributed by atoms with E-state index in [1.165, 1.54) is 141 Å². The summed E-state index contributed by atoms with van der Waals surface area (Å²) in [7, 11) is 0. The average molecular weight is 1200 g/mol. The second-order valence-corrected chi connectivity index (χ2v) is 23.9. The largest absolute Gasteiger partial charge is 0.394 e. The lowest BCUT2D eigenvalue weighted by Crippen LogP contribution is -2.65. The number of carbonyl (C=O) groups excluding carboxylic acids is 1. The Morgan fingerprint density at radius 1 is 0.435 bits per heavy atom. The fourth-order valence-electron chi connectivity index (χ4n) is 10.9. The van der Waals surface area contributed by atoms with Gasteiger partial charge in [-0.25, -0.2) is 0 Å². The molecule has 9 N–H and O–H groups in total. The number of carbonyl (C=O) groups is 1. The van der Waals surface area contributed by atoms with Crippen LogP contribution in [0.15, 0.2) is 85.1 Å². The van der Waals surface area contributed by atoms with E-state index in [1.807, 2.05) is 0 Å². The van der Waals surface area contributed by atoms with Crippen molar-refractivity contribution in [3.8, 4) is 0 Å². The van der Waals surface area contributed by atoms with Crippen LogP contribution in [0.25, 0.3) is 0 Å². The Morgan fingerprint density at radius 2 is 0.812 bits per heavy atom. The van der Waals surface area contributed by atoms with Crippen LogP contribution in [0.3, 0.4) is 0 Å². The van der Waals surface area contributed by atoms with Crippen molar-refractivity contribution in [2.45, 2.75) is 338 Å². The minimum Gasteiger partial charge on any atom is -0.394 e. The fraction of sp³-hybridized carbons (Fsp3) is 0.789. The van der Waals surface area contributed by atoms with Crippen molar-refractivity contribution >= 4 is 5.91 Å². The smallest absolute Gasteiger partial charge is 0.220 e. The van der Waals surface area contributed by atoms with Gasteiger partial charge in [-0.05, 0) is 70.6 Å². The van der Waals surface area contributed by atoms with Crippen LogP contribution < -0.4 is 5.32 Å². The number of aliphatic hydroxyl groups is 8. The molecule has 85 heavy (non-hydrogen) atoms. The third kappa shape index (κ3) is 39.7. The van der Waals surface area contributed by atoms with Crippen molar-refractivity contribution in [3.63, 3.8) is 0 Å². The van der Waals surface area contributed by atoms with Crippen molar-refractivity contribution in [3.05, 3.63) is 85.1 Å². The lowest BCUT2D eigenvalue weighted by molar-refractivity contribution is -0.359. The summed E-state index contributed by atoms with van der Waals surface area (Å²) in [5, 5.41) is 87.4. The molecule has 0 aliphatic carbocycles. The number of amides is 1. The van der Waals surface area contributed by atoms with Crippen molar-refractivity contribution in [2.75, 3.05) is 19.8 Å². The van der Waals surface area contributed by atoms with Gasteiger partial charge in [0.1, 0.15) is 48.8 Å². The summed E-state index contributed by atoms with van der Waals surface area (Å²) in [6, 6.07) is -0.832.